The molecule has 0 aliphatic carbocycles. The summed E-state index contributed by atoms with van der Waals surface area (Å²) in [5.41, 5.74) is 0. The average Bonchev–Trinajstić information content (AvgIpc) is 1.65. The molecule has 1 radical (unpaired) electrons. The van der Waals surface area contributed by atoms with Crippen molar-refractivity contribution in [3.63, 3.8) is 0 Å². The minimum atomic E-state index is 0.216. The Balaban J connectivity index is 2.75. The van der Waals surface area contributed by atoms with E-state index in [1.807, 2.05) is 0 Å². The third-order valence-corrected chi connectivity index (χ3v) is 1.31. The Bertz CT molecular complexity index is 24.7. The highest BCUT2D eigenvalue weighted by molar-refractivity contribution is 6.20. The minimum Gasteiger partial charge on any atom is -0.126 e. The summed E-state index contributed by atoms with van der Waals surface area (Å²) in [7, 11) is 0. The van der Waals surface area contributed by atoms with E-state index < -0.39 is 0 Å². The van der Waals surface area contributed by atoms with Crippen LogP contribution in [0.3, 0.4) is 0 Å². The van der Waals surface area contributed by atoms with E-state index in [1.54, 1.807) is 0 Å². The molecule has 0 atom stereocenters. The summed E-state index contributed by atoms with van der Waals surface area (Å²) in [4.78, 5) is 0. The largest absolute Gasteiger partial charge is 0.126 e. The number of alkyl halides is 2. The molecule has 37 valence electrons. The third kappa shape index (κ3) is 2.80. The molecule has 2 heteroatoms. The van der Waals surface area contributed by atoms with Gasteiger partial charge >= 0.3 is 0 Å². The smallest absolute Gasteiger partial charge is 0.0263 e. The van der Waals surface area contributed by atoms with Crippen LogP contribution in [0.5, 0.6) is 0 Å². The first-order valence-corrected chi connectivity index (χ1v) is 2.83. The lowest BCUT2D eigenvalue weighted by atomic mass is 10.3. The van der Waals surface area contributed by atoms with Crippen molar-refractivity contribution in [2.24, 2.45) is 5.92 Å². The molecule has 0 saturated heterocycles. The summed E-state index contributed by atoms with van der Waals surface area (Å²) >= 11 is 10.6. The highest BCUT2D eigenvalue weighted by Crippen LogP contribution is 1.97. The predicted octanol–water partition coefficient (Wildman–Crippen LogP) is 1.91. The molecule has 0 rings (SSSR count). The van der Waals surface area contributed by atoms with Gasteiger partial charge in [-0.15, -0.1) is 23.2 Å². The van der Waals surface area contributed by atoms with Gasteiger partial charge in [0.15, 0.2) is 0 Å². The maximum atomic E-state index is 5.31. The van der Waals surface area contributed by atoms with Gasteiger partial charge in [-0.05, 0) is 12.8 Å². The Morgan fingerprint density at radius 1 is 1.33 bits per heavy atom. The van der Waals surface area contributed by atoms with Gasteiger partial charge in [0, 0.05) is 11.8 Å². The number of hydrogen-bond donors (Lipinski definition) is 0. The summed E-state index contributed by atoms with van der Waals surface area (Å²) in [6, 6.07) is 0. The molecule has 0 unspecified atom stereocenters. The molecule has 0 saturated carbocycles. The normalized spacial score (nSPS) is 10.0. The first-order chi connectivity index (χ1) is 2.81. The van der Waals surface area contributed by atoms with Crippen LogP contribution in [-0.4, -0.2) is 11.8 Å². The molecule has 0 aliphatic rings. The molecular formula is C4H7Cl2. The van der Waals surface area contributed by atoms with Crippen LogP contribution in [-0.2, 0) is 0 Å². The number of rotatable bonds is 2. The van der Waals surface area contributed by atoms with E-state index in [2.05, 4.69) is 6.92 Å². The summed E-state index contributed by atoms with van der Waals surface area (Å²) in [6.07, 6.45) is 0. The molecule has 0 heterocycles. The summed E-state index contributed by atoms with van der Waals surface area (Å²) < 4.78 is 0. The molecule has 0 aliphatic heterocycles. The zero-order valence-electron chi connectivity index (χ0n) is 3.45. The predicted molar refractivity (Wildman–Crippen MR) is 30.3 cm³/mol. The molecule has 0 nitrogen and oxygen atoms in total. The quantitative estimate of drug-likeness (QED) is 0.495. The third-order valence-electron chi connectivity index (χ3n) is 0.436. The SMILES string of the molecule is [CH2]C(CCl)CCl. The van der Waals surface area contributed by atoms with E-state index in [4.69, 9.17) is 23.2 Å². The second kappa shape index (κ2) is 3.76. The molecular weight excluding hydrogens is 119 g/mol. The zero-order valence-corrected chi connectivity index (χ0v) is 4.97. The van der Waals surface area contributed by atoms with Crippen molar-refractivity contribution < 1.29 is 0 Å². The Hall–Kier alpha value is 0.580. The molecule has 0 amide bonds. The van der Waals surface area contributed by atoms with Crippen LogP contribution in [0, 0.1) is 12.8 Å². The van der Waals surface area contributed by atoms with Crippen LogP contribution >= 0.6 is 23.2 Å². The summed E-state index contributed by atoms with van der Waals surface area (Å²) in [5.74, 6) is 1.33. The highest BCUT2D eigenvalue weighted by Gasteiger charge is 1.92. The molecule has 0 aromatic carbocycles. The number of hydrogen-bond acceptors (Lipinski definition) is 0. The lowest BCUT2D eigenvalue weighted by Crippen LogP contribution is -1.95. The van der Waals surface area contributed by atoms with Gasteiger partial charge in [0.25, 0.3) is 0 Å². The lowest BCUT2D eigenvalue weighted by Gasteiger charge is -1.95. The van der Waals surface area contributed by atoms with Gasteiger partial charge in [-0.25, -0.2) is 0 Å². The first kappa shape index (κ1) is 6.58. The van der Waals surface area contributed by atoms with Crippen molar-refractivity contribution in [1.29, 1.82) is 0 Å². The highest BCUT2D eigenvalue weighted by atomic mass is 35.5. The van der Waals surface area contributed by atoms with Gasteiger partial charge in [-0.2, -0.15) is 0 Å². The molecule has 0 N–H and O–H groups in total. The Morgan fingerprint density at radius 2 is 1.67 bits per heavy atom. The van der Waals surface area contributed by atoms with Crippen LogP contribution < -0.4 is 0 Å². The monoisotopic (exact) mass is 125 g/mol. The van der Waals surface area contributed by atoms with E-state index in [0.29, 0.717) is 11.8 Å². The average molecular weight is 126 g/mol. The standard InChI is InChI=1S/C4H7Cl2/c1-4(2-5)3-6/h4H,1-3H2. The van der Waals surface area contributed by atoms with Gasteiger partial charge in [-0.3, -0.25) is 0 Å². The van der Waals surface area contributed by atoms with Crippen molar-refractivity contribution in [2.75, 3.05) is 11.8 Å². The number of halogens is 2. The van der Waals surface area contributed by atoms with Gasteiger partial charge in [0.05, 0.1) is 0 Å². The van der Waals surface area contributed by atoms with Gasteiger partial charge in [-0.1, -0.05) is 0 Å². The molecule has 0 aromatic heterocycles. The fourth-order valence-corrected chi connectivity index (χ4v) is 0.371. The van der Waals surface area contributed by atoms with Crippen LogP contribution in [0.15, 0.2) is 0 Å². The van der Waals surface area contributed by atoms with Crippen molar-refractivity contribution >= 4 is 23.2 Å². The Morgan fingerprint density at radius 3 is 1.67 bits per heavy atom. The second-order valence-electron chi connectivity index (χ2n) is 1.17. The summed E-state index contributed by atoms with van der Waals surface area (Å²) in [6.45, 7) is 3.61. The van der Waals surface area contributed by atoms with Crippen LogP contribution in [0.25, 0.3) is 0 Å². The van der Waals surface area contributed by atoms with Gasteiger partial charge < -0.3 is 0 Å². The Kier molecular flexibility index (Phi) is 4.12. The minimum absolute atomic E-state index is 0.216. The fourth-order valence-electron chi connectivity index (χ4n) is 0.0412. The van der Waals surface area contributed by atoms with Crippen LogP contribution in [0.2, 0.25) is 0 Å². The van der Waals surface area contributed by atoms with E-state index in [1.165, 1.54) is 0 Å². The van der Waals surface area contributed by atoms with Crippen molar-refractivity contribution in [3.05, 3.63) is 6.92 Å². The molecule has 0 fully saturated rings. The van der Waals surface area contributed by atoms with E-state index in [9.17, 15) is 0 Å². The molecule has 0 aromatic rings. The zero-order chi connectivity index (χ0) is 4.99. The molecule has 6 heavy (non-hydrogen) atoms. The molecule has 0 spiro atoms. The summed E-state index contributed by atoms with van der Waals surface area (Å²) in [5, 5.41) is 0. The maximum absolute atomic E-state index is 5.31. The Labute approximate surface area is 48.4 Å². The van der Waals surface area contributed by atoms with Crippen LogP contribution in [0.4, 0.5) is 0 Å². The van der Waals surface area contributed by atoms with Crippen molar-refractivity contribution in [1.82, 2.24) is 0 Å². The van der Waals surface area contributed by atoms with E-state index in [-0.39, 0.29) is 5.92 Å². The molecule has 0 bridgehead atoms. The fraction of sp³-hybridized carbons (Fsp3) is 0.750. The maximum Gasteiger partial charge on any atom is 0.0263 e. The second-order valence-corrected chi connectivity index (χ2v) is 1.79. The van der Waals surface area contributed by atoms with Crippen LogP contribution in [0.1, 0.15) is 0 Å². The lowest BCUT2D eigenvalue weighted by molar-refractivity contribution is 0.846. The topological polar surface area (TPSA) is 0 Å². The van der Waals surface area contributed by atoms with Gasteiger partial charge in [0.2, 0.25) is 0 Å². The van der Waals surface area contributed by atoms with E-state index >= 15 is 0 Å². The van der Waals surface area contributed by atoms with Gasteiger partial charge in [0.1, 0.15) is 0 Å². The van der Waals surface area contributed by atoms with Crippen molar-refractivity contribution in [2.45, 2.75) is 0 Å². The van der Waals surface area contributed by atoms with E-state index in [0.717, 1.165) is 0 Å². The van der Waals surface area contributed by atoms with Crippen molar-refractivity contribution in [3.8, 4) is 0 Å². The first-order valence-electron chi connectivity index (χ1n) is 1.76.